The first-order chi connectivity index (χ1) is 13.4. The molecule has 0 saturated carbocycles. The van der Waals surface area contributed by atoms with Gasteiger partial charge >= 0.3 is 0 Å². The third-order valence-corrected chi connectivity index (χ3v) is 6.88. The lowest BCUT2D eigenvalue weighted by Gasteiger charge is -2.36. The average molecular weight is 398 g/mol. The van der Waals surface area contributed by atoms with Gasteiger partial charge in [-0.25, -0.2) is 0 Å². The molecule has 1 saturated heterocycles. The number of anilines is 1. The van der Waals surface area contributed by atoms with E-state index < -0.39 is 16.1 Å². The van der Waals surface area contributed by atoms with Crippen LogP contribution in [-0.4, -0.2) is 37.6 Å². The first-order valence-corrected chi connectivity index (χ1v) is 10.9. The Labute approximate surface area is 165 Å². The van der Waals surface area contributed by atoms with E-state index in [4.69, 9.17) is 0 Å². The lowest BCUT2D eigenvalue weighted by Crippen LogP contribution is -2.50. The Morgan fingerprint density at radius 2 is 1.89 bits per heavy atom. The molecule has 2 heterocycles. The normalized spacial score (nSPS) is 20.4. The Hall–Kier alpha value is -2.67. The minimum absolute atomic E-state index is 0.127. The largest absolute Gasteiger partial charge is 0.343 e. The number of amides is 1. The molecule has 146 valence electrons. The second-order valence-corrected chi connectivity index (χ2v) is 8.90. The van der Waals surface area contributed by atoms with Crippen LogP contribution in [0.2, 0.25) is 0 Å². The second kappa shape index (κ2) is 7.05. The van der Waals surface area contributed by atoms with Gasteiger partial charge in [-0.1, -0.05) is 24.3 Å². The molecule has 6 nitrogen and oxygen atoms in total. The number of benzene rings is 2. The topological polar surface area (TPSA) is 78.8 Å². The summed E-state index contributed by atoms with van der Waals surface area (Å²) in [4.78, 5) is 15.2. The zero-order valence-corrected chi connectivity index (χ0v) is 16.8. The van der Waals surface area contributed by atoms with Crippen LogP contribution in [0.15, 0.2) is 51.8 Å². The van der Waals surface area contributed by atoms with Crippen molar-refractivity contribution in [3.63, 3.8) is 0 Å². The Morgan fingerprint density at radius 3 is 2.71 bits per heavy atom. The third kappa shape index (κ3) is 3.20. The van der Waals surface area contributed by atoms with Crippen LogP contribution in [0.3, 0.4) is 0 Å². The number of hydrogen-bond donors (Lipinski definition) is 1. The summed E-state index contributed by atoms with van der Waals surface area (Å²) in [5.41, 5.74) is 3.51. The molecule has 28 heavy (non-hydrogen) atoms. The van der Waals surface area contributed by atoms with Crippen LogP contribution in [0, 0.1) is 13.8 Å². The lowest BCUT2D eigenvalue weighted by molar-refractivity contribution is -0.120. The van der Waals surface area contributed by atoms with Crippen molar-refractivity contribution in [1.29, 1.82) is 0 Å². The molecule has 0 bridgehead atoms. The van der Waals surface area contributed by atoms with Crippen LogP contribution in [0.5, 0.6) is 0 Å². The van der Waals surface area contributed by atoms with Crippen molar-refractivity contribution in [3.8, 4) is 0 Å². The molecule has 1 amide bonds. The highest BCUT2D eigenvalue weighted by molar-refractivity contribution is 7.90. The van der Waals surface area contributed by atoms with Gasteiger partial charge in [0.2, 0.25) is 5.91 Å². The van der Waals surface area contributed by atoms with Gasteiger partial charge < -0.3 is 10.2 Å². The predicted molar refractivity (Wildman–Crippen MR) is 109 cm³/mol. The van der Waals surface area contributed by atoms with E-state index in [0.29, 0.717) is 24.4 Å². The fourth-order valence-electron chi connectivity index (χ4n) is 3.86. The number of hydrogen-bond acceptors (Lipinski definition) is 4. The second-order valence-electron chi connectivity index (χ2n) is 7.33. The minimum Gasteiger partial charge on any atom is -0.343 e. The molecule has 7 heteroatoms. The van der Waals surface area contributed by atoms with E-state index >= 15 is 0 Å². The molecule has 0 aliphatic carbocycles. The third-order valence-electron chi connectivity index (χ3n) is 5.55. The summed E-state index contributed by atoms with van der Waals surface area (Å²) in [5.74, 6) is 0.259. The van der Waals surface area contributed by atoms with Gasteiger partial charge in [-0.05, 0) is 62.4 Å². The standard InChI is InChI=1S/C21H23N3O3S/c1-14-8-7-10-17(15(14)2)22-21(25)18-11-5-6-13-24(18)20-16-9-3-4-12-19(16)28(26,27)23-20/h3-4,7-10,12,18H,5-6,11,13H2,1-2H3,(H,22,25)/t18-/m1/s1. The van der Waals surface area contributed by atoms with Crippen LogP contribution in [0.4, 0.5) is 5.69 Å². The number of nitrogens with zero attached hydrogens (tertiary/aromatic N) is 2. The quantitative estimate of drug-likeness (QED) is 0.844. The van der Waals surface area contributed by atoms with Crippen molar-refractivity contribution in [2.24, 2.45) is 4.40 Å². The number of nitrogens with one attached hydrogen (secondary N) is 1. The fraction of sp³-hybridized carbons (Fsp3) is 0.333. The number of likely N-dealkylation sites (tertiary alicyclic amines) is 1. The van der Waals surface area contributed by atoms with Gasteiger partial charge in [-0.2, -0.15) is 8.42 Å². The van der Waals surface area contributed by atoms with Crippen molar-refractivity contribution < 1.29 is 13.2 Å². The molecule has 0 unspecified atom stereocenters. The van der Waals surface area contributed by atoms with E-state index in [1.165, 1.54) is 0 Å². The maximum absolute atomic E-state index is 13.1. The molecule has 0 radical (unpaired) electrons. The van der Waals surface area contributed by atoms with Crippen LogP contribution >= 0.6 is 0 Å². The van der Waals surface area contributed by atoms with Gasteiger partial charge in [0, 0.05) is 17.8 Å². The Kier molecular flexibility index (Phi) is 4.71. The van der Waals surface area contributed by atoms with E-state index in [9.17, 15) is 13.2 Å². The average Bonchev–Trinajstić information content (AvgIpc) is 2.97. The van der Waals surface area contributed by atoms with E-state index in [1.807, 2.05) is 36.9 Å². The minimum atomic E-state index is -3.71. The number of carbonyl (C=O) groups is 1. The van der Waals surface area contributed by atoms with E-state index in [2.05, 4.69) is 9.71 Å². The number of piperidine rings is 1. The predicted octanol–water partition coefficient (Wildman–Crippen LogP) is 3.25. The summed E-state index contributed by atoms with van der Waals surface area (Å²) >= 11 is 0. The van der Waals surface area contributed by atoms with Gasteiger partial charge in [-0.3, -0.25) is 4.79 Å². The van der Waals surface area contributed by atoms with Crippen molar-refractivity contribution in [3.05, 3.63) is 59.2 Å². The number of fused-ring (bicyclic) bond motifs is 1. The fourth-order valence-corrected chi connectivity index (χ4v) is 5.07. The van der Waals surface area contributed by atoms with Gasteiger partial charge in [-0.15, -0.1) is 4.40 Å². The number of aryl methyl sites for hydroxylation is 1. The Bertz CT molecular complexity index is 1080. The first-order valence-electron chi connectivity index (χ1n) is 9.46. The van der Waals surface area contributed by atoms with Crippen molar-refractivity contribution in [1.82, 2.24) is 4.90 Å². The first kappa shape index (κ1) is 18.7. The van der Waals surface area contributed by atoms with Crippen molar-refractivity contribution in [2.45, 2.75) is 44.0 Å². The smallest absolute Gasteiger partial charge is 0.285 e. The molecule has 2 aliphatic rings. The molecule has 2 aromatic carbocycles. The van der Waals surface area contributed by atoms with Crippen LogP contribution < -0.4 is 5.32 Å². The number of carbonyl (C=O) groups excluding carboxylic acids is 1. The molecular weight excluding hydrogens is 374 g/mol. The molecule has 1 atom stereocenters. The summed E-state index contributed by atoms with van der Waals surface area (Å²) in [7, 11) is -3.71. The maximum atomic E-state index is 13.1. The number of sulfonamides is 1. The highest BCUT2D eigenvalue weighted by atomic mass is 32.2. The number of rotatable bonds is 2. The molecular formula is C21H23N3O3S. The summed E-state index contributed by atoms with van der Waals surface area (Å²) in [6.07, 6.45) is 2.48. The van der Waals surface area contributed by atoms with Gasteiger partial charge in [0.1, 0.15) is 10.9 Å². The van der Waals surface area contributed by atoms with E-state index in [0.717, 1.165) is 29.7 Å². The SMILES string of the molecule is Cc1cccc(NC(=O)[C@H]2CCCCN2C2=NS(=O)(=O)c3ccccc32)c1C. The molecule has 1 N–H and O–H groups in total. The Morgan fingerprint density at radius 1 is 1.11 bits per heavy atom. The molecule has 1 fully saturated rings. The molecule has 2 aliphatic heterocycles. The molecule has 0 aromatic heterocycles. The van der Waals surface area contributed by atoms with Crippen molar-refractivity contribution >= 4 is 27.5 Å². The van der Waals surface area contributed by atoms with Crippen molar-refractivity contribution in [2.75, 3.05) is 11.9 Å². The summed E-state index contributed by atoms with van der Waals surface area (Å²) in [6, 6.07) is 12.2. The van der Waals surface area contributed by atoms with Crippen LogP contribution in [0.1, 0.15) is 36.0 Å². The lowest BCUT2D eigenvalue weighted by atomic mass is 9.99. The molecule has 2 aromatic rings. The zero-order chi connectivity index (χ0) is 19.9. The summed E-state index contributed by atoms with van der Waals surface area (Å²) in [5, 5.41) is 3.03. The summed E-state index contributed by atoms with van der Waals surface area (Å²) < 4.78 is 28.9. The maximum Gasteiger partial charge on any atom is 0.285 e. The number of amidine groups is 1. The monoisotopic (exact) mass is 397 g/mol. The van der Waals surface area contributed by atoms with Gasteiger partial charge in [0.25, 0.3) is 10.0 Å². The van der Waals surface area contributed by atoms with E-state index in [-0.39, 0.29) is 10.8 Å². The van der Waals surface area contributed by atoms with E-state index in [1.54, 1.807) is 24.3 Å². The van der Waals surface area contributed by atoms with Crippen LogP contribution in [-0.2, 0) is 14.8 Å². The van der Waals surface area contributed by atoms with Gasteiger partial charge in [0.05, 0.1) is 0 Å². The zero-order valence-electron chi connectivity index (χ0n) is 16.0. The highest BCUT2D eigenvalue weighted by Crippen LogP contribution is 2.31. The summed E-state index contributed by atoms with van der Waals surface area (Å²) in [6.45, 7) is 4.59. The Balaban J connectivity index is 1.66. The van der Waals surface area contributed by atoms with Crippen LogP contribution in [0.25, 0.3) is 0 Å². The highest BCUT2D eigenvalue weighted by Gasteiger charge is 2.38. The molecule has 0 spiro atoms. The van der Waals surface area contributed by atoms with Gasteiger partial charge in [0.15, 0.2) is 5.84 Å². The molecule has 4 rings (SSSR count).